The van der Waals surface area contributed by atoms with Crippen LogP contribution in [0.2, 0.25) is 0 Å². The predicted molar refractivity (Wildman–Crippen MR) is 78.1 cm³/mol. The third-order valence-electron chi connectivity index (χ3n) is 3.57. The van der Waals surface area contributed by atoms with Crippen LogP contribution in [0.3, 0.4) is 0 Å². The molecule has 1 aliphatic rings. The second kappa shape index (κ2) is 7.29. The number of ether oxygens (including phenoxy) is 2. The highest BCUT2D eigenvalue weighted by Gasteiger charge is 2.18. The lowest BCUT2D eigenvalue weighted by molar-refractivity contribution is 0.0670. The maximum Gasteiger partial charge on any atom is 0.255 e. The molecule has 20 heavy (non-hydrogen) atoms. The van der Waals surface area contributed by atoms with E-state index in [4.69, 9.17) is 9.47 Å². The number of hydrogen-bond donors (Lipinski definition) is 1. The van der Waals surface area contributed by atoms with Crippen molar-refractivity contribution in [3.63, 3.8) is 0 Å². The Bertz CT molecular complexity index is 441. The van der Waals surface area contributed by atoms with Crippen molar-refractivity contribution in [2.45, 2.75) is 45.3 Å². The van der Waals surface area contributed by atoms with Gasteiger partial charge in [-0.3, -0.25) is 4.79 Å². The van der Waals surface area contributed by atoms with Crippen molar-refractivity contribution in [1.82, 2.24) is 5.32 Å². The lowest BCUT2D eigenvalue weighted by atomic mass is 10.1. The van der Waals surface area contributed by atoms with Crippen molar-refractivity contribution in [3.8, 4) is 5.75 Å². The van der Waals surface area contributed by atoms with Gasteiger partial charge < -0.3 is 14.8 Å². The van der Waals surface area contributed by atoms with Gasteiger partial charge in [0.25, 0.3) is 5.91 Å². The second-order valence-corrected chi connectivity index (χ2v) is 5.22. The Labute approximate surface area is 120 Å². The summed E-state index contributed by atoms with van der Waals surface area (Å²) < 4.78 is 11.3. The molecule has 1 fully saturated rings. The molecule has 0 spiro atoms. The van der Waals surface area contributed by atoms with E-state index in [1.807, 2.05) is 32.0 Å². The Balaban J connectivity index is 1.99. The van der Waals surface area contributed by atoms with Crippen LogP contribution < -0.4 is 10.1 Å². The zero-order valence-corrected chi connectivity index (χ0v) is 12.2. The molecule has 2 atom stereocenters. The van der Waals surface area contributed by atoms with Gasteiger partial charge in [-0.2, -0.15) is 0 Å². The summed E-state index contributed by atoms with van der Waals surface area (Å²) in [5.41, 5.74) is 0.589. The first-order valence-electron chi connectivity index (χ1n) is 7.35. The van der Waals surface area contributed by atoms with Crippen LogP contribution in [0.25, 0.3) is 0 Å². The van der Waals surface area contributed by atoms with E-state index in [0.29, 0.717) is 17.9 Å². The number of amides is 1. The highest BCUT2D eigenvalue weighted by atomic mass is 16.5. The Morgan fingerprint density at radius 3 is 3.00 bits per heavy atom. The zero-order chi connectivity index (χ0) is 14.4. The third-order valence-corrected chi connectivity index (χ3v) is 3.57. The minimum Gasteiger partial charge on any atom is -0.490 e. The van der Waals surface area contributed by atoms with Gasteiger partial charge in [0.1, 0.15) is 12.4 Å². The second-order valence-electron chi connectivity index (χ2n) is 5.22. The smallest absolute Gasteiger partial charge is 0.255 e. The molecular weight excluding hydrogens is 254 g/mol. The molecular formula is C16H23NO3. The van der Waals surface area contributed by atoms with Crippen LogP contribution in [0.1, 0.15) is 43.5 Å². The van der Waals surface area contributed by atoms with Crippen molar-refractivity contribution in [1.29, 1.82) is 0 Å². The quantitative estimate of drug-likeness (QED) is 0.869. The monoisotopic (exact) mass is 277 g/mol. The molecule has 1 aromatic rings. The fraction of sp³-hybridized carbons (Fsp3) is 0.562. The summed E-state index contributed by atoms with van der Waals surface area (Å²) in [6.07, 6.45) is 3.18. The van der Waals surface area contributed by atoms with Crippen LogP contribution in [0.15, 0.2) is 24.3 Å². The topological polar surface area (TPSA) is 47.6 Å². The summed E-state index contributed by atoms with van der Waals surface area (Å²) in [5.74, 6) is 0.547. The van der Waals surface area contributed by atoms with Crippen molar-refractivity contribution < 1.29 is 14.3 Å². The SMILES string of the molecule is CC[C@@H](C)NC(=O)c1ccccc1OC[C@@H]1CCCO1. The normalized spacial score (nSPS) is 19.6. The Kier molecular flexibility index (Phi) is 5.41. The Morgan fingerprint density at radius 2 is 2.30 bits per heavy atom. The zero-order valence-electron chi connectivity index (χ0n) is 12.2. The van der Waals surface area contributed by atoms with E-state index in [2.05, 4.69) is 5.32 Å². The first-order chi connectivity index (χ1) is 9.70. The van der Waals surface area contributed by atoms with Crippen LogP contribution in [0.5, 0.6) is 5.75 Å². The van der Waals surface area contributed by atoms with Crippen molar-refractivity contribution >= 4 is 5.91 Å². The van der Waals surface area contributed by atoms with Gasteiger partial charge in [0.2, 0.25) is 0 Å². The lowest BCUT2D eigenvalue weighted by Gasteiger charge is -2.16. The van der Waals surface area contributed by atoms with Gasteiger partial charge in [-0.1, -0.05) is 19.1 Å². The minimum absolute atomic E-state index is 0.0812. The standard InChI is InChI=1S/C16H23NO3/c1-3-12(2)17-16(18)14-8-4-5-9-15(14)20-11-13-7-6-10-19-13/h4-5,8-9,12-13H,3,6-7,10-11H2,1-2H3,(H,17,18)/t12-,13+/m1/s1. The van der Waals surface area contributed by atoms with Crippen LogP contribution in [-0.4, -0.2) is 31.3 Å². The number of nitrogens with one attached hydrogen (secondary N) is 1. The average Bonchev–Trinajstić information content (AvgIpc) is 2.98. The number of benzene rings is 1. The molecule has 0 bridgehead atoms. The fourth-order valence-electron chi connectivity index (χ4n) is 2.14. The molecule has 0 saturated carbocycles. The predicted octanol–water partition coefficient (Wildman–Crippen LogP) is 2.77. The van der Waals surface area contributed by atoms with Crippen LogP contribution >= 0.6 is 0 Å². The number of carbonyl (C=O) groups excluding carboxylic acids is 1. The molecule has 1 heterocycles. The summed E-state index contributed by atoms with van der Waals surface area (Å²) in [5, 5.41) is 2.96. The molecule has 1 N–H and O–H groups in total. The summed E-state index contributed by atoms with van der Waals surface area (Å²) in [4.78, 5) is 12.2. The summed E-state index contributed by atoms with van der Waals surface area (Å²) in [7, 11) is 0. The van der Waals surface area contributed by atoms with Crippen molar-refractivity contribution in [2.24, 2.45) is 0 Å². The number of hydrogen-bond acceptors (Lipinski definition) is 3. The van der Waals surface area contributed by atoms with E-state index in [0.717, 1.165) is 25.9 Å². The van der Waals surface area contributed by atoms with E-state index in [1.165, 1.54) is 0 Å². The number of rotatable bonds is 6. The van der Waals surface area contributed by atoms with E-state index in [9.17, 15) is 4.79 Å². The molecule has 4 heteroatoms. The van der Waals surface area contributed by atoms with Gasteiger partial charge in [-0.25, -0.2) is 0 Å². The van der Waals surface area contributed by atoms with Gasteiger partial charge in [-0.15, -0.1) is 0 Å². The number of para-hydroxylation sites is 1. The van der Waals surface area contributed by atoms with Gasteiger partial charge in [0, 0.05) is 12.6 Å². The third kappa shape index (κ3) is 3.97. The maximum atomic E-state index is 12.2. The molecule has 2 rings (SSSR count). The van der Waals surface area contributed by atoms with Crippen molar-refractivity contribution in [3.05, 3.63) is 29.8 Å². The first-order valence-corrected chi connectivity index (χ1v) is 7.35. The Morgan fingerprint density at radius 1 is 1.50 bits per heavy atom. The molecule has 0 radical (unpaired) electrons. The highest BCUT2D eigenvalue weighted by Crippen LogP contribution is 2.20. The molecule has 0 aliphatic carbocycles. The van der Waals surface area contributed by atoms with E-state index < -0.39 is 0 Å². The largest absolute Gasteiger partial charge is 0.490 e. The van der Waals surface area contributed by atoms with Crippen molar-refractivity contribution in [2.75, 3.05) is 13.2 Å². The molecule has 0 aromatic heterocycles. The van der Waals surface area contributed by atoms with E-state index >= 15 is 0 Å². The average molecular weight is 277 g/mol. The van der Waals surface area contributed by atoms with Gasteiger partial charge >= 0.3 is 0 Å². The minimum atomic E-state index is -0.0812. The van der Waals surface area contributed by atoms with Gasteiger partial charge in [0.15, 0.2) is 0 Å². The molecule has 1 amide bonds. The van der Waals surface area contributed by atoms with Gasteiger partial charge in [0.05, 0.1) is 11.7 Å². The highest BCUT2D eigenvalue weighted by molar-refractivity contribution is 5.97. The molecule has 1 saturated heterocycles. The van der Waals surface area contributed by atoms with E-state index in [1.54, 1.807) is 6.07 Å². The number of carbonyl (C=O) groups is 1. The van der Waals surface area contributed by atoms with Crippen LogP contribution in [0.4, 0.5) is 0 Å². The lowest BCUT2D eigenvalue weighted by Crippen LogP contribution is -2.32. The van der Waals surface area contributed by atoms with E-state index in [-0.39, 0.29) is 18.1 Å². The summed E-state index contributed by atoms with van der Waals surface area (Å²) in [6.45, 7) is 5.36. The summed E-state index contributed by atoms with van der Waals surface area (Å²) in [6, 6.07) is 7.52. The molecule has 4 nitrogen and oxygen atoms in total. The van der Waals surface area contributed by atoms with Crippen LogP contribution in [-0.2, 0) is 4.74 Å². The molecule has 110 valence electrons. The fourth-order valence-corrected chi connectivity index (χ4v) is 2.14. The molecule has 1 aliphatic heterocycles. The first kappa shape index (κ1) is 14.9. The van der Waals surface area contributed by atoms with Crippen LogP contribution in [0, 0.1) is 0 Å². The van der Waals surface area contributed by atoms with Gasteiger partial charge in [-0.05, 0) is 38.3 Å². The maximum absolute atomic E-state index is 12.2. The summed E-state index contributed by atoms with van der Waals surface area (Å²) >= 11 is 0. The molecule has 0 unspecified atom stereocenters. The molecule has 1 aromatic carbocycles. The Hall–Kier alpha value is -1.55.